The third kappa shape index (κ3) is 4.75. The zero-order chi connectivity index (χ0) is 44.7. The summed E-state index contributed by atoms with van der Waals surface area (Å²) < 4.78 is 234. The summed E-state index contributed by atoms with van der Waals surface area (Å²) in [5.41, 5.74) is 3.80. The quantitative estimate of drug-likeness (QED) is 0.648. The second-order valence-electron chi connectivity index (χ2n) is 6.19. The van der Waals surface area contributed by atoms with E-state index in [1.54, 1.807) is 0 Å². The van der Waals surface area contributed by atoms with Crippen LogP contribution < -0.4 is 15.2 Å². The third-order valence-electron chi connectivity index (χ3n) is 4.11. The van der Waals surface area contributed by atoms with Crippen LogP contribution in [0.25, 0.3) is 0 Å². The number of ether oxygens (including phenoxy) is 3. The molecule has 1 fully saturated rings. The Kier molecular flexibility index (Phi) is 2.11. The molecule has 4 unspecified atom stereocenters. The van der Waals surface area contributed by atoms with E-state index >= 15 is 0 Å². The maximum Gasteiger partial charge on any atom is 0.323 e. The predicted octanol–water partition coefficient (Wildman–Crippen LogP) is 3.56. The molecule has 2 aliphatic rings. The highest BCUT2D eigenvalue weighted by molar-refractivity contribution is 5.76. The zero-order valence-corrected chi connectivity index (χ0v) is 16.1. The van der Waals surface area contributed by atoms with Crippen molar-refractivity contribution in [2.75, 3.05) is 27.2 Å². The second kappa shape index (κ2) is 9.56. The smallest absolute Gasteiger partial charge is 0.323 e. The minimum Gasteiger partial charge on any atom is -0.493 e. The molecule has 1 aromatic rings. The van der Waals surface area contributed by atoms with Crippen molar-refractivity contribution < 1.29 is 54.6 Å². The molecular weight excluding hydrogens is 380 g/mol. The number of hydrogen-bond acceptors (Lipinski definition) is 6. The fourth-order valence-corrected chi connectivity index (χ4v) is 2.77. The van der Waals surface area contributed by atoms with Gasteiger partial charge in [-0.15, -0.1) is 0 Å². The molecule has 0 radical (unpaired) electrons. The van der Waals surface area contributed by atoms with Crippen LogP contribution >= 0.6 is 0 Å². The summed E-state index contributed by atoms with van der Waals surface area (Å²) in [5, 5.41) is 0. The molecule has 0 saturated carbocycles. The molecule has 0 spiro atoms. The first-order valence-electron chi connectivity index (χ1n) is 21.5. The lowest BCUT2D eigenvalue weighted by atomic mass is 9.79. The van der Waals surface area contributed by atoms with Crippen LogP contribution in [0.2, 0.25) is 0 Å². The first-order chi connectivity index (χ1) is 24.3. The second-order valence-corrected chi connectivity index (χ2v) is 6.19. The van der Waals surface area contributed by atoms with Crippen molar-refractivity contribution in [3.8, 4) is 11.5 Å². The van der Waals surface area contributed by atoms with Gasteiger partial charge < -0.3 is 19.9 Å². The van der Waals surface area contributed by atoms with Gasteiger partial charge in [-0.25, -0.2) is 0 Å². The number of rotatable bonds is 7. The van der Waals surface area contributed by atoms with Crippen LogP contribution in [-0.4, -0.2) is 50.2 Å². The summed E-state index contributed by atoms with van der Waals surface area (Å²) in [6.07, 6.45) is -14.7. The predicted molar refractivity (Wildman–Crippen MR) is 118 cm³/mol. The van der Waals surface area contributed by atoms with Gasteiger partial charge in [0.15, 0.2) is 11.5 Å². The SMILES string of the molecule is [2H]c1c2c(c([2H])c(OC)c1OC([2H])([2H])[2H])C1([2H])N(CC2)C([2H])([2H])C([2H])(C([2H])([2H])C([2H])(C)C([2H])([2H])[2H])C([2H])(OC(=O)[C@@]([2H])(N)C([2H])(C([2H])([2H])[2H])C([2H])([2H])[2H])C1([2H])[2H]. The fraction of sp³-hybridized carbons (Fsp3) is 0.708. The van der Waals surface area contributed by atoms with Crippen LogP contribution in [0.4, 0.5) is 0 Å². The number of fused-ring (bicyclic) bond motifs is 3. The van der Waals surface area contributed by atoms with Crippen molar-refractivity contribution >= 4 is 5.97 Å². The van der Waals surface area contributed by atoms with E-state index in [9.17, 15) is 14.4 Å². The lowest BCUT2D eigenvalue weighted by Crippen LogP contribution is -2.51. The van der Waals surface area contributed by atoms with Crippen LogP contribution in [-0.2, 0) is 16.0 Å². The molecule has 30 heavy (non-hydrogen) atoms. The molecule has 6 nitrogen and oxygen atoms in total. The Balaban J connectivity index is 2.67. The number of methoxy groups -OCH3 is 2. The highest BCUT2D eigenvalue weighted by atomic mass is 16.5. The molecule has 1 saturated heterocycles. The topological polar surface area (TPSA) is 74.0 Å². The average Bonchev–Trinajstić information content (AvgIpc) is 2.98. The molecule has 2 heterocycles. The van der Waals surface area contributed by atoms with E-state index in [2.05, 4.69) is 0 Å². The first-order valence-corrected chi connectivity index (χ1v) is 8.54. The normalized spacial score (nSPS) is 53.8. The van der Waals surface area contributed by atoms with Gasteiger partial charge in [0.2, 0.25) is 0 Å². The largest absolute Gasteiger partial charge is 0.493 e. The van der Waals surface area contributed by atoms with Crippen molar-refractivity contribution in [2.45, 2.75) is 64.8 Å². The van der Waals surface area contributed by atoms with Gasteiger partial charge in [0.1, 0.15) is 12.1 Å². The number of esters is 1. The lowest BCUT2D eigenvalue weighted by Gasteiger charge is -2.47. The number of benzene rings is 1. The number of carbonyl (C=O) groups is 1. The van der Waals surface area contributed by atoms with Crippen molar-refractivity contribution in [2.24, 2.45) is 23.4 Å². The molecule has 2 N–H and O–H groups in total. The Morgan fingerprint density at radius 3 is 2.97 bits per heavy atom. The summed E-state index contributed by atoms with van der Waals surface area (Å²) in [5.74, 6) is -17.8. The number of nitrogens with zero attached hydrogens (tertiary/aromatic N) is 1. The first kappa shape index (κ1) is 6.61. The summed E-state index contributed by atoms with van der Waals surface area (Å²) in [4.78, 5) is 14.0. The van der Waals surface area contributed by atoms with Crippen LogP contribution in [0.1, 0.15) is 93.0 Å². The van der Waals surface area contributed by atoms with Gasteiger partial charge in [-0.05, 0) is 47.8 Å². The Morgan fingerprint density at radius 1 is 1.47 bits per heavy atom. The number of piperidine rings is 1. The van der Waals surface area contributed by atoms with Gasteiger partial charge in [-0.2, -0.15) is 0 Å². The average molecular weight is 445 g/mol. The Labute approximate surface area is 217 Å². The van der Waals surface area contributed by atoms with Gasteiger partial charge >= 0.3 is 5.97 Å². The van der Waals surface area contributed by atoms with E-state index < -0.39 is 136 Å². The fourth-order valence-electron chi connectivity index (χ4n) is 2.77. The van der Waals surface area contributed by atoms with Crippen molar-refractivity contribution in [3.63, 3.8) is 0 Å². The molecule has 5 atom stereocenters. The monoisotopic (exact) mass is 444 g/mol. The molecule has 0 aromatic heterocycles. The standard InChI is InChI=1S/C24H38N2O4/c1-14(2)9-17-13-26-8-7-16-10-21(28-5)22(29-6)11-18(16)19(26)12-20(17)30-24(27)23(25)15(3)4/h10-11,14-15,17,19-20,23H,7-9,12-13,25H2,1-6H3/t17?,19?,20?,23-/m0/s1/i1D3,3D3,4D3,5D3,9D2,10D,11D,12D2,13D2,14D,15D,17D,19D,20D,23D/t14?,17?,19?,20?,23-. The summed E-state index contributed by atoms with van der Waals surface area (Å²) in [6.45, 7) is -17.4. The number of nitrogens with two attached hydrogens (primary N) is 1. The number of carbonyl (C=O) groups excluding carboxylic acids is 1. The summed E-state index contributed by atoms with van der Waals surface area (Å²) >= 11 is 0. The zero-order valence-electron chi connectivity index (χ0n) is 42.1. The van der Waals surface area contributed by atoms with Crippen molar-refractivity contribution in [1.29, 1.82) is 0 Å². The molecule has 1 aromatic carbocycles. The third-order valence-corrected chi connectivity index (χ3v) is 4.11. The Bertz CT molecular complexity index is 1740. The van der Waals surface area contributed by atoms with Crippen LogP contribution in [0.3, 0.4) is 0 Å². The molecule has 2 aliphatic heterocycles. The van der Waals surface area contributed by atoms with Gasteiger partial charge in [-0.3, -0.25) is 9.69 Å². The van der Waals surface area contributed by atoms with Crippen LogP contribution in [0, 0.1) is 17.7 Å². The highest BCUT2D eigenvalue weighted by Gasteiger charge is 2.41. The Morgan fingerprint density at radius 2 is 2.27 bits per heavy atom. The van der Waals surface area contributed by atoms with Crippen molar-refractivity contribution in [1.82, 2.24) is 4.90 Å². The van der Waals surface area contributed by atoms with Gasteiger partial charge in [0.05, 0.1) is 25.1 Å². The molecule has 3 rings (SSSR count). The van der Waals surface area contributed by atoms with E-state index in [0.29, 0.717) is 6.92 Å². The van der Waals surface area contributed by atoms with Gasteiger partial charge in [-0.1, -0.05) is 27.5 Å². The lowest BCUT2D eigenvalue weighted by molar-refractivity contribution is -0.160. The summed E-state index contributed by atoms with van der Waals surface area (Å²) in [6, 6.07) is -10.6. The maximum atomic E-state index is 14.0. The van der Waals surface area contributed by atoms with E-state index in [-0.39, 0.29) is 4.90 Å². The molecule has 0 amide bonds. The van der Waals surface area contributed by atoms with Crippen LogP contribution in [0.5, 0.6) is 11.5 Å². The molecule has 6 heteroatoms. The molecular formula is C24H38N2O4. The van der Waals surface area contributed by atoms with E-state index in [4.69, 9.17) is 46.0 Å². The Hall–Kier alpha value is -1.79. The van der Waals surface area contributed by atoms with E-state index in [1.165, 1.54) is 0 Å². The highest BCUT2D eigenvalue weighted by Crippen LogP contribution is 2.44. The minimum atomic E-state index is -4.93. The van der Waals surface area contributed by atoms with Crippen LogP contribution in [0.15, 0.2) is 12.1 Å². The van der Waals surface area contributed by atoms with Crippen molar-refractivity contribution in [3.05, 3.63) is 23.2 Å². The minimum absolute atomic E-state index is 0.0145. The molecule has 0 aliphatic carbocycles. The van der Waals surface area contributed by atoms with E-state index in [0.717, 1.165) is 7.11 Å². The maximum absolute atomic E-state index is 14.0. The van der Waals surface area contributed by atoms with E-state index in [1.807, 2.05) is 0 Å². The molecule has 0 bridgehead atoms. The summed E-state index contributed by atoms with van der Waals surface area (Å²) in [7, 11) is -2.49. The molecule has 168 valence electrons. The van der Waals surface area contributed by atoms with Gasteiger partial charge in [0, 0.05) is 56.0 Å². The van der Waals surface area contributed by atoms with Gasteiger partial charge in [0.25, 0.3) is 0 Å². The number of hydrogen-bond donors (Lipinski definition) is 1.